The van der Waals surface area contributed by atoms with Crippen LogP contribution in [0.3, 0.4) is 0 Å². The molecule has 0 aliphatic heterocycles. The largest absolute Gasteiger partial charge is 0.325 e. The minimum atomic E-state index is -3.43. The van der Waals surface area contributed by atoms with Crippen LogP contribution in [0, 0.1) is 0 Å². The number of nitrogens with one attached hydrogen (secondary N) is 2. The number of rotatable bonds is 6. The number of sulfonamides is 1. The topological polar surface area (TPSA) is 78.5 Å². The second kappa shape index (κ2) is 6.65. The van der Waals surface area contributed by atoms with Gasteiger partial charge in [-0.05, 0) is 30.8 Å². The fourth-order valence-corrected chi connectivity index (χ4v) is 2.27. The van der Waals surface area contributed by atoms with Crippen LogP contribution in [0.15, 0.2) is 29.2 Å². The molecule has 2 N–H and O–H groups in total. The Balaban J connectivity index is 2.75. The minimum absolute atomic E-state index is 0.162. The predicted molar refractivity (Wildman–Crippen MR) is 74.5 cm³/mol. The van der Waals surface area contributed by atoms with Gasteiger partial charge in [0.1, 0.15) is 0 Å². The van der Waals surface area contributed by atoms with E-state index in [1.807, 2.05) is 6.92 Å². The third-order valence-corrected chi connectivity index (χ3v) is 4.28. The van der Waals surface area contributed by atoms with Crippen molar-refractivity contribution in [2.24, 2.45) is 0 Å². The summed E-state index contributed by atoms with van der Waals surface area (Å²) >= 11 is 0. The molecule has 0 unspecified atom stereocenters. The smallest absolute Gasteiger partial charge is 0.242 e. The van der Waals surface area contributed by atoms with Crippen molar-refractivity contribution in [3.05, 3.63) is 24.3 Å². The standard InChI is InChI=1S/C12H19N3O3S/c1-4-13-9-12(16)14-10-5-7-11(8-6-10)19(17,18)15(2)3/h5-8,13H,4,9H2,1-3H3,(H,14,16). The van der Waals surface area contributed by atoms with Crippen LogP contribution >= 0.6 is 0 Å². The normalized spacial score (nSPS) is 11.6. The Hall–Kier alpha value is -1.44. The first kappa shape index (κ1) is 15.6. The summed E-state index contributed by atoms with van der Waals surface area (Å²) in [5.74, 6) is -0.162. The molecule has 0 spiro atoms. The van der Waals surface area contributed by atoms with Gasteiger partial charge < -0.3 is 10.6 Å². The Morgan fingerprint density at radius 2 is 1.79 bits per heavy atom. The van der Waals surface area contributed by atoms with Crippen molar-refractivity contribution in [3.8, 4) is 0 Å². The number of nitrogens with zero attached hydrogens (tertiary/aromatic N) is 1. The zero-order valence-corrected chi connectivity index (χ0v) is 12.1. The molecule has 0 aliphatic rings. The predicted octanol–water partition coefficient (Wildman–Crippen LogP) is 0.485. The Morgan fingerprint density at radius 1 is 1.21 bits per heavy atom. The average molecular weight is 285 g/mol. The van der Waals surface area contributed by atoms with E-state index in [-0.39, 0.29) is 17.3 Å². The summed E-state index contributed by atoms with van der Waals surface area (Å²) in [6.07, 6.45) is 0. The van der Waals surface area contributed by atoms with Gasteiger partial charge in [-0.3, -0.25) is 4.79 Å². The van der Waals surface area contributed by atoms with E-state index >= 15 is 0 Å². The first-order chi connectivity index (χ1) is 8.87. The molecule has 1 rings (SSSR count). The van der Waals surface area contributed by atoms with Crippen LogP contribution in [0.25, 0.3) is 0 Å². The molecular formula is C12H19N3O3S. The summed E-state index contributed by atoms with van der Waals surface area (Å²) in [5, 5.41) is 5.58. The SMILES string of the molecule is CCNCC(=O)Nc1ccc(S(=O)(=O)N(C)C)cc1. The Morgan fingerprint density at radius 3 is 2.26 bits per heavy atom. The van der Waals surface area contributed by atoms with E-state index in [2.05, 4.69) is 10.6 Å². The van der Waals surface area contributed by atoms with E-state index in [0.29, 0.717) is 12.2 Å². The van der Waals surface area contributed by atoms with E-state index < -0.39 is 10.0 Å². The van der Waals surface area contributed by atoms with E-state index in [9.17, 15) is 13.2 Å². The number of amides is 1. The molecule has 7 heteroatoms. The number of benzene rings is 1. The number of likely N-dealkylation sites (N-methyl/N-ethyl adjacent to an activating group) is 1. The van der Waals surface area contributed by atoms with E-state index in [4.69, 9.17) is 0 Å². The summed E-state index contributed by atoms with van der Waals surface area (Å²) in [5.41, 5.74) is 0.570. The first-order valence-electron chi connectivity index (χ1n) is 5.91. The second-order valence-corrected chi connectivity index (χ2v) is 6.29. The first-order valence-corrected chi connectivity index (χ1v) is 7.35. The van der Waals surface area contributed by atoms with Crippen LogP contribution in [0.1, 0.15) is 6.92 Å². The van der Waals surface area contributed by atoms with Gasteiger partial charge in [-0.1, -0.05) is 6.92 Å². The van der Waals surface area contributed by atoms with Crippen molar-refractivity contribution in [1.82, 2.24) is 9.62 Å². The molecule has 6 nitrogen and oxygen atoms in total. The van der Waals surface area contributed by atoms with Crippen molar-refractivity contribution in [2.75, 3.05) is 32.5 Å². The monoisotopic (exact) mass is 285 g/mol. The molecule has 1 aromatic carbocycles. The molecule has 0 atom stereocenters. The molecule has 0 aromatic heterocycles. The molecule has 1 amide bonds. The van der Waals surface area contributed by atoms with Crippen LogP contribution in [0.5, 0.6) is 0 Å². The lowest BCUT2D eigenvalue weighted by atomic mass is 10.3. The highest BCUT2D eigenvalue weighted by molar-refractivity contribution is 7.89. The number of hydrogen-bond acceptors (Lipinski definition) is 4. The summed E-state index contributed by atoms with van der Waals surface area (Å²) in [4.78, 5) is 11.7. The van der Waals surface area contributed by atoms with E-state index in [1.54, 1.807) is 12.1 Å². The Labute approximate surface area is 113 Å². The van der Waals surface area contributed by atoms with Crippen molar-refractivity contribution >= 4 is 21.6 Å². The van der Waals surface area contributed by atoms with Gasteiger partial charge in [0.05, 0.1) is 11.4 Å². The van der Waals surface area contributed by atoms with Crippen LogP contribution in [0.4, 0.5) is 5.69 Å². The maximum absolute atomic E-state index is 11.8. The molecular weight excluding hydrogens is 266 g/mol. The van der Waals surface area contributed by atoms with Gasteiger partial charge in [-0.25, -0.2) is 12.7 Å². The highest BCUT2D eigenvalue weighted by Gasteiger charge is 2.16. The average Bonchev–Trinajstić information content (AvgIpc) is 2.36. The molecule has 0 bridgehead atoms. The second-order valence-electron chi connectivity index (χ2n) is 4.14. The molecule has 0 saturated heterocycles. The number of carbonyl (C=O) groups excluding carboxylic acids is 1. The molecule has 0 heterocycles. The van der Waals surface area contributed by atoms with Crippen LogP contribution in [-0.2, 0) is 14.8 Å². The highest BCUT2D eigenvalue weighted by Crippen LogP contribution is 2.16. The van der Waals surface area contributed by atoms with Crippen LogP contribution in [0.2, 0.25) is 0 Å². The quantitative estimate of drug-likeness (QED) is 0.797. The van der Waals surface area contributed by atoms with E-state index in [1.165, 1.54) is 26.2 Å². The minimum Gasteiger partial charge on any atom is -0.325 e. The summed E-state index contributed by atoms with van der Waals surface area (Å²) in [6.45, 7) is 2.86. The maximum atomic E-state index is 11.8. The highest BCUT2D eigenvalue weighted by atomic mass is 32.2. The maximum Gasteiger partial charge on any atom is 0.242 e. The third kappa shape index (κ3) is 4.30. The van der Waals surface area contributed by atoms with Crippen LogP contribution in [-0.4, -0.2) is 45.8 Å². The molecule has 106 valence electrons. The zero-order valence-electron chi connectivity index (χ0n) is 11.3. The molecule has 0 radical (unpaired) electrons. The van der Waals surface area contributed by atoms with Crippen molar-refractivity contribution in [2.45, 2.75) is 11.8 Å². The lowest BCUT2D eigenvalue weighted by Gasteiger charge is -2.12. The van der Waals surface area contributed by atoms with Crippen LogP contribution < -0.4 is 10.6 Å². The van der Waals surface area contributed by atoms with Gasteiger partial charge in [0.25, 0.3) is 0 Å². The van der Waals surface area contributed by atoms with Gasteiger partial charge in [-0.2, -0.15) is 0 Å². The summed E-state index contributed by atoms with van der Waals surface area (Å²) in [7, 11) is -0.481. The Kier molecular flexibility index (Phi) is 5.46. The van der Waals surface area contributed by atoms with Gasteiger partial charge in [0.15, 0.2) is 0 Å². The van der Waals surface area contributed by atoms with Crippen molar-refractivity contribution in [1.29, 1.82) is 0 Å². The fraction of sp³-hybridized carbons (Fsp3) is 0.417. The van der Waals surface area contributed by atoms with Gasteiger partial charge in [-0.15, -0.1) is 0 Å². The van der Waals surface area contributed by atoms with Gasteiger partial charge in [0, 0.05) is 19.8 Å². The molecule has 1 aromatic rings. The number of carbonyl (C=O) groups is 1. The molecule has 0 fully saturated rings. The number of anilines is 1. The summed E-state index contributed by atoms with van der Waals surface area (Å²) in [6, 6.07) is 6.08. The van der Waals surface area contributed by atoms with Crippen molar-refractivity contribution < 1.29 is 13.2 Å². The number of hydrogen-bond donors (Lipinski definition) is 2. The molecule has 19 heavy (non-hydrogen) atoms. The summed E-state index contributed by atoms with van der Waals surface area (Å²) < 4.78 is 24.8. The van der Waals surface area contributed by atoms with Gasteiger partial charge >= 0.3 is 0 Å². The Bertz CT molecular complexity index is 524. The van der Waals surface area contributed by atoms with Gasteiger partial charge in [0.2, 0.25) is 15.9 Å². The molecule has 0 saturated carbocycles. The lowest BCUT2D eigenvalue weighted by molar-refractivity contribution is -0.115. The van der Waals surface area contributed by atoms with Crippen molar-refractivity contribution in [3.63, 3.8) is 0 Å². The third-order valence-electron chi connectivity index (χ3n) is 2.45. The molecule has 0 aliphatic carbocycles. The fourth-order valence-electron chi connectivity index (χ4n) is 1.36. The lowest BCUT2D eigenvalue weighted by Crippen LogP contribution is -2.27. The zero-order chi connectivity index (χ0) is 14.5. The van der Waals surface area contributed by atoms with E-state index in [0.717, 1.165) is 4.31 Å².